The minimum atomic E-state index is 0.0132. The first-order valence-electron chi connectivity index (χ1n) is 5.65. The number of carbonyl (C=O) groups excluding carboxylic acids is 2. The monoisotopic (exact) mass is 233 g/mol. The molecular formula is C13H15NO3. The summed E-state index contributed by atoms with van der Waals surface area (Å²) >= 11 is 0. The van der Waals surface area contributed by atoms with Gasteiger partial charge >= 0.3 is 0 Å². The van der Waals surface area contributed by atoms with Crippen molar-refractivity contribution in [3.8, 4) is 0 Å². The minimum absolute atomic E-state index is 0.0132. The number of nitrogens with one attached hydrogen (secondary N) is 1. The molecule has 0 radical (unpaired) electrons. The molecule has 1 aliphatic rings. The van der Waals surface area contributed by atoms with Crippen LogP contribution >= 0.6 is 0 Å². The summed E-state index contributed by atoms with van der Waals surface area (Å²) in [6, 6.07) is 3.70. The largest absolute Gasteiger partial charge is 0.384 e. The molecule has 1 heterocycles. The van der Waals surface area contributed by atoms with Gasteiger partial charge in [-0.2, -0.15) is 0 Å². The van der Waals surface area contributed by atoms with Crippen LogP contribution in [0.4, 0.5) is 5.69 Å². The number of methoxy groups -OCH3 is 1. The highest BCUT2D eigenvalue weighted by Crippen LogP contribution is 2.29. The van der Waals surface area contributed by atoms with Gasteiger partial charge in [-0.3, -0.25) is 9.59 Å². The molecule has 0 aromatic heterocycles. The lowest BCUT2D eigenvalue weighted by Gasteiger charge is -2.21. The predicted octanol–water partition coefficient (Wildman–Crippen LogP) is 1.57. The van der Waals surface area contributed by atoms with E-state index in [1.165, 1.54) is 0 Å². The van der Waals surface area contributed by atoms with E-state index in [1.54, 1.807) is 7.11 Å². The van der Waals surface area contributed by atoms with E-state index >= 15 is 0 Å². The highest BCUT2D eigenvalue weighted by molar-refractivity contribution is 5.97. The van der Waals surface area contributed by atoms with Crippen LogP contribution in [0.2, 0.25) is 0 Å². The van der Waals surface area contributed by atoms with E-state index in [4.69, 9.17) is 4.74 Å². The second kappa shape index (κ2) is 5.10. The molecule has 0 atom stereocenters. The molecule has 1 aromatic carbocycles. The molecule has 4 nitrogen and oxygen atoms in total. The molecular weight excluding hydrogens is 218 g/mol. The number of rotatable bonds is 4. The Morgan fingerprint density at radius 2 is 2.24 bits per heavy atom. The molecule has 0 spiro atoms. The number of hydrogen-bond acceptors (Lipinski definition) is 3. The molecule has 0 unspecified atom stereocenters. The van der Waals surface area contributed by atoms with Crippen molar-refractivity contribution in [2.75, 3.05) is 19.0 Å². The van der Waals surface area contributed by atoms with Gasteiger partial charge in [0.2, 0.25) is 5.91 Å². The van der Waals surface area contributed by atoms with Crippen molar-refractivity contribution in [1.29, 1.82) is 0 Å². The highest BCUT2D eigenvalue weighted by atomic mass is 16.5. The summed E-state index contributed by atoms with van der Waals surface area (Å²) in [5.74, 6) is 0.0132. The van der Waals surface area contributed by atoms with Gasteiger partial charge in [0.05, 0.1) is 6.61 Å². The topological polar surface area (TPSA) is 55.4 Å². The number of ether oxygens (including phenoxy) is 1. The van der Waals surface area contributed by atoms with Crippen molar-refractivity contribution in [3.05, 3.63) is 28.8 Å². The first kappa shape index (κ1) is 11.8. The van der Waals surface area contributed by atoms with Crippen molar-refractivity contribution in [2.24, 2.45) is 0 Å². The standard InChI is InChI=1S/C13H15NO3/c1-17-7-6-9-2-3-10(8-15)11-4-5-12(16)14-13(9)11/h2-3,8H,4-7H2,1H3,(H,14,16). The van der Waals surface area contributed by atoms with Gasteiger partial charge in [0.1, 0.15) is 6.29 Å². The molecule has 1 N–H and O–H groups in total. The average Bonchev–Trinajstić information content (AvgIpc) is 2.35. The van der Waals surface area contributed by atoms with Gasteiger partial charge in [-0.05, 0) is 24.0 Å². The van der Waals surface area contributed by atoms with Crippen LogP contribution in [0.3, 0.4) is 0 Å². The van der Waals surface area contributed by atoms with Gasteiger partial charge in [-0.15, -0.1) is 0 Å². The second-order valence-corrected chi connectivity index (χ2v) is 4.08. The van der Waals surface area contributed by atoms with Gasteiger partial charge in [0.15, 0.2) is 0 Å². The van der Waals surface area contributed by atoms with Gasteiger partial charge in [0.25, 0.3) is 0 Å². The third-order valence-corrected chi connectivity index (χ3v) is 3.00. The van der Waals surface area contributed by atoms with Gasteiger partial charge < -0.3 is 10.1 Å². The molecule has 2 rings (SSSR count). The van der Waals surface area contributed by atoms with Gasteiger partial charge in [0, 0.05) is 24.8 Å². The Balaban J connectivity index is 2.41. The van der Waals surface area contributed by atoms with E-state index < -0.39 is 0 Å². The molecule has 0 saturated carbocycles. The van der Waals surface area contributed by atoms with Crippen molar-refractivity contribution in [2.45, 2.75) is 19.3 Å². The van der Waals surface area contributed by atoms with Gasteiger partial charge in [-0.25, -0.2) is 0 Å². The van der Waals surface area contributed by atoms with Crippen molar-refractivity contribution < 1.29 is 14.3 Å². The molecule has 17 heavy (non-hydrogen) atoms. The van der Waals surface area contributed by atoms with E-state index in [0.717, 1.165) is 29.5 Å². The second-order valence-electron chi connectivity index (χ2n) is 4.08. The molecule has 0 aliphatic carbocycles. The van der Waals surface area contributed by atoms with E-state index in [0.29, 0.717) is 25.0 Å². The Labute approximate surface area is 100.0 Å². The van der Waals surface area contributed by atoms with Crippen LogP contribution in [0.1, 0.15) is 27.9 Å². The maximum absolute atomic E-state index is 11.4. The average molecular weight is 233 g/mol. The maximum Gasteiger partial charge on any atom is 0.224 e. The summed E-state index contributed by atoms with van der Waals surface area (Å²) in [7, 11) is 1.64. The van der Waals surface area contributed by atoms with E-state index in [9.17, 15) is 9.59 Å². The summed E-state index contributed by atoms with van der Waals surface area (Å²) in [5, 5.41) is 2.86. The lowest BCUT2D eigenvalue weighted by atomic mass is 9.93. The summed E-state index contributed by atoms with van der Waals surface area (Å²) < 4.78 is 5.04. The normalized spacial score (nSPS) is 14.1. The first-order valence-corrected chi connectivity index (χ1v) is 5.65. The van der Waals surface area contributed by atoms with Crippen LogP contribution in [-0.4, -0.2) is 25.9 Å². The molecule has 4 heteroatoms. The molecule has 1 aliphatic heterocycles. The quantitative estimate of drug-likeness (QED) is 0.803. The van der Waals surface area contributed by atoms with E-state index in [2.05, 4.69) is 5.32 Å². The highest BCUT2D eigenvalue weighted by Gasteiger charge is 2.20. The van der Waals surface area contributed by atoms with Crippen molar-refractivity contribution in [1.82, 2.24) is 0 Å². The number of fused-ring (bicyclic) bond motifs is 1. The zero-order chi connectivity index (χ0) is 12.3. The number of anilines is 1. The Kier molecular flexibility index (Phi) is 3.54. The van der Waals surface area contributed by atoms with Crippen molar-refractivity contribution in [3.63, 3.8) is 0 Å². The van der Waals surface area contributed by atoms with E-state index in [1.807, 2.05) is 12.1 Å². The van der Waals surface area contributed by atoms with E-state index in [-0.39, 0.29) is 5.91 Å². The SMILES string of the molecule is COCCc1ccc(C=O)c2c1NC(=O)CC2. The zero-order valence-electron chi connectivity index (χ0n) is 9.79. The Bertz CT molecular complexity index is 454. The lowest BCUT2D eigenvalue weighted by Crippen LogP contribution is -2.22. The molecule has 0 saturated heterocycles. The lowest BCUT2D eigenvalue weighted by molar-refractivity contribution is -0.116. The summed E-state index contributed by atoms with van der Waals surface area (Å²) in [5.41, 5.74) is 3.46. The smallest absolute Gasteiger partial charge is 0.224 e. The molecule has 1 aromatic rings. The Hall–Kier alpha value is -1.68. The van der Waals surface area contributed by atoms with Crippen LogP contribution in [0.25, 0.3) is 0 Å². The fourth-order valence-corrected chi connectivity index (χ4v) is 2.11. The minimum Gasteiger partial charge on any atom is -0.384 e. The first-order chi connectivity index (χ1) is 8.26. The fourth-order valence-electron chi connectivity index (χ4n) is 2.11. The fraction of sp³-hybridized carbons (Fsp3) is 0.385. The zero-order valence-corrected chi connectivity index (χ0v) is 9.79. The van der Waals surface area contributed by atoms with Crippen LogP contribution < -0.4 is 5.32 Å². The van der Waals surface area contributed by atoms with Crippen LogP contribution in [0.15, 0.2) is 12.1 Å². The Morgan fingerprint density at radius 3 is 2.94 bits per heavy atom. The number of carbonyl (C=O) groups is 2. The molecule has 0 fully saturated rings. The summed E-state index contributed by atoms with van der Waals surface area (Å²) in [6.45, 7) is 0.600. The summed E-state index contributed by atoms with van der Waals surface area (Å²) in [6.07, 6.45) is 2.66. The third-order valence-electron chi connectivity index (χ3n) is 3.00. The predicted molar refractivity (Wildman–Crippen MR) is 64.4 cm³/mol. The van der Waals surface area contributed by atoms with Crippen molar-refractivity contribution >= 4 is 17.9 Å². The molecule has 1 amide bonds. The maximum atomic E-state index is 11.4. The number of aldehydes is 1. The summed E-state index contributed by atoms with van der Waals surface area (Å²) in [4.78, 5) is 22.4. The number of hydrogen-bond donors (Lipinski definition) is 1. The number of amides is 1. The van der Waals surface area contributed by atoms with Crippen LogP contribution in [0.5, 0.6) is 0 Å². The number of benzene rings is 1. The molecule has 90 valence electrons. The van der Waals surface area contributed by atoms with Gasteiger partial charge in [-0.1, -0.05) is 12.1 Å². The van der Waals surface area contributed by atoms with Crippen LogP contribution in [0, 0.1) is 0 Å². The molecule has 0 bridgehead atoms. The Morgan fingerprint density at radius 1 is 1.41 bits per heavy atom. The van der Waals surface area contributed by atoms with Crippen LogP contribution in [-0.2, 0) is 22.4 Å². The third kappa shape index (κ3) is 2.36.